The fourth-order valence-electron chi connectivity index (χ4n) is 2.11. The Labute approximate surface area is 116 Å². The SMILES string of the molecule is COc1ccc(C)cc1C(C)(C)CNCCC(C)=O. The summed E-state index contributed by atoms with van der Waals surface area (Å²) in [6.45, 7) is 9.63. The van der Waals surface area contributed by atoms with Crippen LogP contribution in [0.5, 0.6) is 5.75 Å². The van der Waals surface area contributed by atoms with Crippen LogP contribution >= 0.6 is 0 Å². The summed E-state index contributed by atoms with van der Waals surface area (Å²) in [4.78, 5) is 10.9. The molecule has 0 bridgehead atoms. The van der Waals surface area contributed by atoms with E-state index in [9.17, 15) is 4.79 Å². The van der Waals surface area contributed by atoms with Crippen LogP contribution in [-0.2, 0) is 10.2 Å². The fraction of sp³-hybridized carbons (Fsp3) is 0.562. The molecule has 1 aromatic rings. The number of ketones is 1. The van der Waals surface area contributed by atoms with Gasteiger partial charge in [-0.2, -0.15) is 0 Å². The van der Waals surface area contributed by atoms with Crippen LogP contribution in [0.15, 0.2) is 18.2 Å². The van der Waals surface area contributed by atoms with Gasteiger partial charge in [-0.25, -0.2) is 0 Å². The predicted octanol–water partition coefficient (Wildman–Crippen LogP) is 2.85. The third-order valence-electron chi connectivity index (χ3n) is 3.30. The van der Waals surface area contributed by atoms with E-state index >= 15 is 0 Å². The highest BCUT2D eigenvalue weighted by molar-refractivity contribution is 5.75. The second-order valence-electron chi connectivity index (χ2n) is 5.72. The number of methoxy groups -OCH3 is 1. The summed E-state index contributed by atoms with van der Waals surface area (Å²) >= 11 is 0. The van der Waals surface area contributed by atoms with Gasteiger partial charge in [0.2, 0.25) is 0 Å². The molecule has 0 radical (unpaired) electrons. The molecule has 0 amide bonds. The van der Waals surface area contributed by atoms with Gasteiger partial charge in [-0.15, -0.1) is 0 Å². The Morgan fingerprint density at radius 1 is 1.37 bits per heavy atom. The normalized spacial score (nSPS) is 11.4. The number of carbonyl (C=O) groups excluding carboxylic acids is 1. The lowest BCUT2D eigenvalue weighted by molar-refractivity contribution is -0.116. The van der Waals surface area contributed by atoms with Gasteiger partial charge in [0.05, 0.1) is 7.11 Å². The van der Waals surface area contributed by atoms with E-state index in [0.29, 0.717) is 6.42 Å². The largest absolute Gasteiger partial charge is 0.496 e. The minimum Gasteiger partial charge on any atom is -0.496 e. The molecule has 0 heterocycles. The van der Waals surface area contributed by atoms with Gasteiger partial charge >= 0.3 is 0 Å². The highest BCUT2D eigenvalue weighted by atomic mass is 16.5. The monoisotopic (exact) mass is 263 g/mol. The van der Waals surface area contributed by atoms with Gasteiger partial charge in [0, 0.05) is 30.5 Å². The number of aryl methyl sites for hydroxylation is 1. The number of hydrogen-bond acceptors (Lipinski definition) is 3. The third-order valence-corrected chi connectivity index (χ3v) is 3.30. The van der Waals surface area contributed by atoms with Crippen LogP contribution in [0.25, 0.3) is 0 Å². The minimum atomic E-state index is -0.0336. The number of rotatable bonds is 7. The summed E-state index contributed by atoms with van der Waals surface area (Å²) in [6.07, 6.45) is 0.584. The van der Waals surface area contributed by atoms with E-state index in [0.717, 1.165) is 18.8 Å². The van der Waals surface area contributed by atoms with Crippen molar-refractivity contribution in [1.82, 2.24) is 5.32 Å². The van der Waals surface area contributed by atoms with E-state index in [1.165, 1.54) is 11.1 Å². The number of benzene rings is 1. The van der Waals surface area contributed by atoms with Crippen LogP contribution in [-0.4, -0.2) is 26.0 Å². The van der Waals surface area contributed by atoms with E-state index in [1.807, 2.05) is 6.07 Å². The van der Waals surface area contributed by atoms with Gasteiger partial charge in [-0.05, 0) is 19.9 Å². The van der Waals surface area contributed by atoms with Crippen LogP contribution in [0.1, 0.15) is 38.3 Å². The Morgan fingerprint density at radius 2 is 2.05 bits per heavy atom. The number of Topliss-reactive ketones (excluding diaryl/α,β-unsaturated/α-hetero) is 1. The molecular formula is C16H25NO2. The fourth-order valence-corrected chi connectivity index (χ4v) is 2.11. The van der Waals surface area contributed by atoms with Crippen molar-refractivity contribution in [2.45, 2.75) is 39.5 Å². The molecule has 1 rings (SSSR count). The molecule has 0 aliphatic heterocycles. The maximum Gasteiger partial charge on any atom is 0.131 e. The first-order valence-electron chi connectivity index (χ1n) is 6.72. The summed E-state index contributed by atoms with van der Waals surface area (Å²) in [5.41, 5.74) is 2.40. The van der Waals surface area contributed by atoms with Crippen LogP contribution in [0.2, 0.25) is 0 Å². The van der Waals surface area contributed by atoms with Crippen molar-refractivity contribution in [1.29, 1.82) is 0 Å². The topological polar surface area (TPSA) is 38.3 Å². The Morgan fingerprint density at radius 3 is 2.63 bits per heavy atom. The lowest BCUT2D eigenvalue weighted by atomic mass is 9.83. The molecule has 19 heavy (non-hydrogen) atoms. The molecule has 0 saturated carbocycles. The highest BCUT2D eigenvalue weighted by Crippen LogP contribution is 2.31. The number of carbonyl (C=O) groups is 1. The average Bonchev–Trinajstić information content (AvgIpc) is 2.34. The van der Waals surface area contributed by atoms with Gasteiger partial charge in [0.1, 0.15) is 11.5 Å². The van der Waals surface area contributed by atoms with Crippen molar-refractivity contribution < 1.29 is 9.53 Å². The number of hydrogen-bond donors (Lipinski definition) is 1. The molecule has 1 N–H and O–H groups in total. The van der Waals surface area contributed by atoms with Crippen molar-refractivity contribution in [2.75, 3.05) is 20.2 Å². The van der Waals surface area contributed by atoms with Crippen molar-refractivity contribution in [3.63, 3.8) is 0 Å². The first-order valence-corrected chi connectivity index (χ1v) is 6.72. The quantitative estimate of drug-likeness (QED) is 0.769. The smallest absolute Gasteiger partial charge is 0.131 e. The van der Waals surface area contributed by atoms with Gasteiger partial charge in [0.15, 0.2) is 0 Å². The minimum absolute atomic E-state index is 0.0336. The molecule has 3 nitrogen and oxygen atoms in total. The van der Waals surface area contributed by atoms with Crippen LogP contribution < -0.4 is 10.1 Å². The Bertz CT molecular complexity index is 438. The molecule has 0 atom stereocenters. The van der Waals surface area contributed by atoms with E-state index in [1.54, 1.807) is 14.0 Å². The van der Waals surface area contributed by atoms with Crippen molar-refractivity contribution in [3.05, 3.63) is 29.3 Å². The average molecular weight is 263 g/mol. The zero-order valence-corrected chi connectivity index (χ0v) is 12.7. The maximum atomic E-state index is 10.9. The van der Waals surface area contributed by atoms with E-state index < -0.39 is 0 Å². The molecule has 0 saturated heterocycles. The molecule has 0 aliphatic rings. The Balaban J connectivity index is 2.75. The van der Waals surface area contributed by atoms with Crippen LogP contribution in [0.4, 0.5) is 0 Å². The zero-order valence-electron chi connectivity index (χ0n) is 12.7. The second kappa shape index (κ2) is 6.71. The molecule has 1 aromatic carbocycles. The molecule has 0 fully saturated rings. The van der Waals surface area contributed by atoms with Gasteiger partial charge in [-0.3, -0.25) is 4.79 Å². The van der Waals surface area contributed by atoms with Gasteiger partial charge in [-0.1, -0.05) is 31.5 Å². The summed E-state index contributed by atoms with van der Waals surface area (Å²) in [7, 11) is 1.70. The summed E-state index contributed by atoms with van der Waals surface area (Å²) < 4.78 is 5.45. The maximum absolute atomic E-state index is 10.9. The summed E-state index contributed by atoms with van der Waals surface area (Å²) in [5.74, 6) is 1.14. The first kappa shape index (κ1) is 15.7. The Kier molecular flexibility index (Phi) is 5.55. The van der Waals surface area contributed by atoms with E-state index in [2.05, 4.69) is 38.2 Å². The van der Waals surface area contributed by atoms with Gasteiger partial charge < -0.3 is 10.1 Å². The molecular weight excluding hydrogens is 238 g/mol. The van der Waals surface area contributed by atoms with E-state index in [-0.39, 0.29) is 11.2 Å². The Hall–Kier alpha value is -1.35. The zero-order chi connectivity index (χ0) is 14.5. The molecule has 0 unspecified atom stereocenters. The summed E-state index contributed by atoms with van der Waals surface area (Å²) in [6, 6.07) is 6.25. The second-order valence-corrected chi connectivity index (χ2v) is 5.72. The third kappa shape index (κ3) is 4.67. The molecule has 0 spiro atoms. The molecule has 0 aromatic heterocycles. The standard InChI is InChI=1S/C16H25NO2/c1-12-6-7-15(19-5)14(10-12)16(3,4)11-17-9-8-13(2)18/h6-7,10,17H,8-9,11H2,1-5H3. The lowest BCUT2D eigenvalue weighted by Gasteiger charge is -2.28. The van der Waals surface area contributed by atoms with Crippen molar-refractivity contribution in [2.24, 2.45) is 0 Å². The van der Waals surface area contributed by atoms with Crippen molar-refractivity contribution in [3.8, 4) is 5.75 Å². The van der Waals surface area contributed by atoms with E-state index in [4.69, 9.17) is 4.74 Å². The number of ether oxygens (including phenoxy) is 1. The van der Waals surface area contributed by atoms with Gasteiger partial charge in [0.25, 0.3) is 0 Å². The molecule has 106 valence electrons. The highest BCUT2D eigenvalue weighted by Gasteiger charge is 2.24. The number of nitrogens with one attached hydrogen (secondary N) is 1. The predicted molar refractivity (Wildman–Crippen MR) is 78.9 cm³/mol. The van der Waals surface area contributed by atoms with Crippen molar-refractivity contribution >= 4 is 5.78 Å². The van der Waals surface area contributed by atoms with Crippen LogP contribution in [0, 0.1) is 6.92 Å². The molecule has 3 heteroatoms. The van der Waals surface area contributed by atoms with Crippen LogP contribution in [0.3, 0.4) is 0 Å². The first-order chi connectivity index (χ1) is 8.86. The summed E-state index contributed by atoms with van der Waals surface area (Å²) in [5, 5.41) is 3.35. The lowest BCUT2D eigenvalue weighted by Crippen LogP contribution is -2.34. The molecule has 0 aliphatic carbocycles.